The van der Waals surface area contributed by atoms with Crippen molar-refractivity contribution in [1.82, 2.24) is 0 Å². The third-order valence-corrected chi connectivity index (χ3v) is 5.25. The van der Waals surface area contributed by atoms with E-state index >= 15 is 0 Å². The molecule has 1 aliphatic carbocycles. The van der Waals surface area contributed by atoms with Crippen molar-refractivity contribution in [3.05, 3.63) is 23.8 Å². The summed E-state index contributed by atoms with van der Waals surface area (Å²) in [7, 11) is 0. The summed E-state index contributed by atoms with van der Waals surface area (Å²) >= 11 is 0. The van der Waals surface area contributed by atoms with Gasteiger partial charge in [-0.25, -0.2) is 0 Å². The number of carboxylic acids is 1. The first-order chi connectivity index (χ1) is 11.6. The molecule has 24 heavy (non-hydrogen) atoms. The Bertz CT molecular complexity index is 585. The molecule has 1 N–H and O–H groups in total. The highest BCUT2D eigenvalue weighted by Gasteiger charge is 2.42. The zero-order chi connectivity index (χ0) is 17.1. The minimum atomic E-state index is -0.727. The van der Waals surface area contributed by atoms with E-state index in [2.05, 4.69) is 6.92 Å². The van der Waals surface area contributed by atoms with Gasteiger partial charge in [-0.15, -0.1) is 0 Å². The first kappa shape index (κ1) is 17.1. The molecule has 4 unspecified atom stereocenters. The fourth-order valence-electron chi connectivity index (χ4n) is 4.06. The molecule has 1 aliphatic heterocycles. The topological polar surface area (TPSA) is 65.0 Å². The van der Waals surface area contributed by atoms with Gasteiger partial charge in [0.2, 0.25) is 6.79 Å². The predicted octanol–water partition coefficient (Wildman–Crippen LogP) is 3.81. The average Bonchev–Trinajstić information content (AvgIpc) is 3.06. The highest BCUT2D eigenvalue weighted by Crippen LogP contribution is 2.45. The highest BCUT2D eigenvalue weighted by atomic mass is 16.7. The molecule has 1 saturated carbocycles. The van der Waals surface area contributed by atoms with Crippen LogP contribution in [0.2, 0.25) is 0 Å². The maximum absolute atomic E-state index is 12.0. The van der Waals surface area contributed by atoms with E-state index in [0.717, 1.165) is 37.0 Å². The Morgan fingerprint density at radius 3 is 2.88 bits per heavy atom. The fraction of sp³-hybridized carbons (Fsp3) is 0.632. The van der Waals surface area contributed by atoms with Crippen molar-refractivity contribution in [3.63, 3.8) is 0 Å². The molecule has 0 spiro atoms. The monoisotopic (exact) mass is 334 g/mol. The lowest BCUT2D eigenvalue weighted by atomic mass is 9.67. The lowest BCUT2D eigenvalue weighted by Gasteiger charge is -2.38. The van der Waals surface area contributed by atoms with Crippen molar-refractivity contribution in [2.45, 2.75) is 51.6 Å². The second kappa shape index (κ2) is 7.43. The van der Waals surface area contributed by atoms with Gasteiger partial charge < -0.3 is 19.3 Å². The Balaban J connectivity index is 1.84. The Hall–Kier alpha value is -1.75. The number of benzene rings is 1. The van der Waals surface area contributed by atoms with Crippen molar-refractivity contribution in [1.29, 1.82) is 0 Å². The molecule has 2 aliphatic rings. The van der Waals surface area contributed by atoms with Crippen LogP contribution in [0.3, 0.4) is 0 Å². The van der Waals surface area contributed by atoms with E-state index in [-0.39, 0.29) is 24.7 Å². The van der Waals surface area contributed by atoms with Gasteiger partial charge in [-0.1, -0.05) is 19.4 Å². The number of aliphatic carboxylic acids is 1. The van der Waals surface area contributed by atoms with Crippen molar-refractivity contribution in [2.24, 2.45) is 11.8 Å². The van der Waals surface area contributed by atoms with Crippen LogP contribution in [-0.2, 0) is 9.53 Å². The molecule has 1 aromatic carbocycles. The standard InChI is InChI=1S/C19H26O5/c1-3-9-22-12(2)14-5-4-6-15(18(14)19(20)21)13-7-8-16-17(10-13)24-11-23-16/h7-8,10,12,14-15,18H,3-6,9,11H2,1-2H3,(H,20,21). The summed E-state index contributed by atoms with van der Waals surface area (Å²) < 4.78 is 16.7. The van der Waals surface area contributed by atoms with Crippen LogP contribution < -0.4 is 9.47 Å². The molecule has 0 saturated heterocycles. The number of fused-ring (bicyclic) bond motifs is 1. The minimum absolute atomic E-state index is 0.0107. The number of carboxylic acid groups (broad SMARTS) is 1. The van der Waals surface area contributed by atoms with Crippen LogP contribution in [0.5, 0.6) is 11.5 Å². The molecule has 0 amide bonds. The summed E-state index contributed by atoms with van der Waals surface area (Å²) in [5.41, 5.74) is 1.03. The first-order valence-corrected chi connectivity index (χ1v) is 8.85. The molecule has 5 heteroatoms. The number of rotatable bonds is 6. The summed E-state index contributed by atoms with van der Waals surface area (Å²) in [4.78, 5) is 12.0. The third-order valence-electron chi connectivity index (χ3n) is 5.25. The van der Waals surface area contributed by atoms with Gasteiger partial charge in [-0.05, 0) is 55.7 Å². The van der Waals surface area contributed by atoms with Crippen LogP contribution in [0, 0.1) is 11.8 Å². The molecule has 0 aromatic heterocycles. The lowest BCUT2D eigenvalue weighted by molar-refractivity contribution is -0.149. The molecule has 1 aromatic rings. The molecular weight excluding hydrogens is 308 g/mol. The van der Waals surface area contributed by atoms with Gasteiger partial charge in [0.25, 0.3) is 0 Å². The highest BCUT2D eigenvalue weighted by molar-refractivity contribution is 5.72. The second-order valence-electron chi connectivity index (χ2n) is 6.75. The van der Waals surface area contributed by atoms with E-state index in [0.29, 0.717) is 12.4 Å². The largest absolute Gasteiger partial charge is 0.481 e. The summed E-state index contributed by atoms with van der Waals surface area (Å²) in [6.07, 6.45) is 3.72. The van der Waals surface area contributed by atoms with Gasteiger partial charge in [-0.2, -0.15) is 0 Å². The van der Waals surface area contributed by atoms with Crippen LogP contribution in [-0.4, -0.2) is 30.6 Å². The lowest BCUT2D eigenvalue weighted by Crippen LogP contribution is -2.39. The summed E-state index contributed by atoms with van der Waals surface area (Å²) in [6.45, 7) is 4.99. The molecule has 1 fully saturated rings. The van der Waals surface area contributed by atoms with E-state index in [9.17, 15) is 9.90 Å². The Morgan fingerprint density at radius 2 is 2.12 bits per heavy atom. The zero-order valence-corrected chi connectivity index (χ0v) is 14.4. The Labute approximate surface area is 142 Å². The van der Waals surface area contributed by atoms with Crippen LogP contribution in [0.25, 0.3) is 0 Å². The van der Waals surface area contributed by atoms with E-state index in [1.165, 1.54) is 0 Å². The van der Waals surface area contributed by atoms with Gasteiger partial charge in [0.15, 0.2) is 11.5 Å². The SMILES string of the molecule is CCCOC(C)C1CCCC(c2ccc3c(c2)OCO3)C1C(=O)O. The second-order valence-corrected chi connectivity index (χ2v) is 6.75. The van der Waals surface area contributed by atoms with Crippen LogP contribution >= 0.6 is 0 Å². The van der Waals surface area contributed by atoms with Crippen molar-refractivity contribution in [3.8, 4) is 11.5 Å². The molecule has 132 valence electrons. The van der Waals surface area contributed by atoms with Crippen LogP contribution in [0.4, 0.5) is 0 Å². The molecule has 5 nitrogen and oxygen atoms in total. The molecule has 1 heterocycles. The van der Waals surface area contributed by atoms with E-state index < -0.39 is 11.9 Å². The maximum Gasteiger partial charge on any atom is 0.307 e. The third kappa shape index (κ3) is 3.36. The van der Waals surface area contributed by atoms with Gasteiger partial charge >= 0.3 is 5.97 Å². The molecule has 0 radical (unpaired) electrons. The number of ether oxygens (including phenoxy) is 3. The summed E-state index contributed by atoms with van der Waals surface area (Å²) in [6, 6.07) is 5.81. The molecule has 3 rings (SSSR count). The van der Waals surface area contributed by atoms with E-state index in [4.69, 9.17) is 14.2 Å². The average molecular weight is 334 g/mol. The van der Waals surface area contributed by atoms with Gasteiger partial charge in [0.05, 0.1) is 12.0 Å². The van der Waals surface area contributed by atoms with E-state index in [1.807, 2.05) is 25.1 Å². The Kier molecular flexibility index (Phi) is 5.29. The van der Waals surface area contributed by atoms with Crippen molar-refractivity contribution >= 4 is 5.97 Å². The molecule has 0 bridgehead atoms. The quantitative estimate of drug-likeness (QED) is 0.857. The van der Waals surface area contributed by atoms with Crippen LogP contribution in [0.1, 0.15) is 51.0 Å². The first-order valence-electron chi connectivity index (χ1n) is 8.85. The van der Waals surface area contributed by atoms with Gasteiger partial charge in [-0.3, -0.25) is 4.79 Å². The summed E-state index contributed by atoms with van der Waals surface area (Å²) in [5, 5.41) is 9.90. The zero-order valence-electron chi connectivity index (χ0n) is 14.4. The maximum atomic E-state index is 12.0. The van der Waals surface area contributed by atoms with Crippen molar-refractivity contribution < 1.29 is 24.1 Å². The number of hydrogen-bond acceptors (Lipinski definition) is 4. The van der Waals surface area contributed by atoms with Gasteiger partial charge in [0.1, 0.15) is 0 Å². The smallest absolute Gasteiger partial charge is 0.307 e. The Morgan fingerprint density at radius 1 is 1.33 bits per heavy atom. The number of hydrogen-bond donors (Lipinski definition) is 1. The summed E-state index contributed by atoms with van der Waals surface area (Å²) in [5.74, 6) is 0.327. The van der Waals surface area contributed by atoms with Crippen LogP contribution in [0.15, 0.2) is 18.2 Å². The minimum Gasteiger partial charge on any atom is -0.481 e. The number of carbonyl (C=O) groups is 1. The molecule has 4 atom stereocenters. The van der Waals surface area contributed by atoms with Gasteiger partial charge in [0, 0.05) is 6.61 Å². The predicted molar refractivity (Wildman–Crippen MR) is 89.5 cm³/mol. The fourth-order valence-corrected chi connectivity index (χ4v) is 4.06. The van der Waals surface area contributed by atoms with E-state index in [1.54, 1.807) is 0 Å². The normalized spacial score (nSPS) is 27.0. The molecular formula is C19H26O5. The van der Waals surface area contributed by atoms with Crippen molar-refractivity contribution in [2.75, 3.05) is 13.4 Å².